The predicted molar refractivity (Wildman–Crippen MR) is 100 cm³/mol. The van der Waals surface area contributed by atoms with Crippen LogP contribution in [0.15, 0.2) is 47.8 Å². The minimum atomic E-state index is -0.773. The molecule has 0 radical (unpaired) electrons. The van der Waals surface area contributed by atoms with Gasteiger partial charge < -0.3 is 9.47 Å². The first-order valence-electron chi connectivity index (χ1n) is 8.18. The lowest BCUT2D eigenvalue weighted by Crippen LogP contribution is -2.13. The molecule has 0 fully saturated rings. The highest BCUT2D eigenvalue weighted by Crippen LogP contribution is 2.28. The van der Waals surface area contributed by atoms with Crippen molar-refractivity contribution in [2.75, 3.05) is 0 Å². The Morgan fingerprint density at radius 1 is 1.25 bits per heavy atom. The number of thiazole rings is 1. The number of esters is 1. The lowest BCUT2D eigenvalue weighted by Gasteiger charge is -2.04. The summed E-state index contributed by atoms with van der Waals surface area (Å²) in [7, 11) is 0. The second kappa shape index (κ2) is 8.57. The van der Waals surface area contributed by atoms with Crippen molar-refractivity contribution in [3.8, 4) is 11.5 Å². The van der Waals surface area contributed by atoms with Crippen LogP contribution in [0.25, 0.3) is 0 Å². The first-order chi connectivity index (χ1) is 13.4. The van der Waals surface area contributed by atoms with Crippen LogP contribution in [0.1, 0.15) is 16.3 Å². The molecule has 3 aromatic rings. The number of nitro benzene ring substituents is 1. The zero-order chi connectivity index (χ0) is 20.1. The fourth-order valence-corrected chi connectivity index (χ4v) is 3.01. The van der Waals surface area contributed by atoms with Gasteiger partial charge in [0.05, 0.1) is 17.0 Å². The number of carbonyl (C=O) groups is 1. The molecule has 0 saturated heterocycles. The minimum Gasteiger partial charge on any atom is -0.486 e. The van der Waals surface area contributed by atoms with Crippen LogP contribution in [0.5, 0.6) is 11.5 Å². The summed E-state index contributed by atoms with van der Waals surface area (Å²) in [6.07, 6.45) is -0.200. The van der Waals surface area contributed by atoms with Gasteiger partial charge in [0.2, 0.25) is 5.75 Å². The zero-order valence-electron chi connectivity index (χ0n) is 14.8. The molecule has 0 N–H and O–H groups in total. The zero-order valence-corrected chi connectivity index (χ0v) is 15.6. The SMILES string of the molecule is Cc1ccc(OCc2nc(CC(=O)Oc3cc(F)ccc3[N+](=O)[O-])cs2)cc1. The van der Waals surface area contributed by atoms with Crippen molar-refractivity contribution in [3.63, 3.8) is 0 Å². The van der Waals surface area contributed by atoms with Crippen molar-refractivity contribution in [2.24, 2.45) is 0 Å². The fraction of sp³-hybridized carbons (Fsp3) is 0.158. The van der Waals surface area contributed by atoms with E-state index in [1.165, 1.54) is 11.3 Å². The van der Waals surface area contributed by atoms with Crippen molar-refractivity contribution < 1.29 is 23.6 Å². The predicted octanol–water partition coefficient (Wildman–Crippen LogP) is 4.23. The third-order valence-corrected chi connectivity index (χ3v) is 4.52. The number of carbonyl (C=O) groups excluding carboxylic acids is 1. The number of nitro groups is 1. The highest BCUT2D eigenvalue weighted by Gasteiger charge is 2.19. The first kappa shape index (κ1) is 19.4. The molecule has 7 nitrogen and oxygen atoms in total. The molecule has 0 unspecified atom stereocenters. The van der Waals surface area contributed by atoms with Crippen molar-refractivity contribution in [1.29, 1.82) is 0 Å². The van der Waals surface area contributed by atoms with Gasteiger partial charge in [-0.15, -0.1) is 11.3 Å². The molecule has 144 valence electrons. The maximum atomic E-state index is 13.3. The summed E-state index contributed by atoms with van der Waals surface area (Å²) in [5.74, 6) is -1.24. The number of hydrogen-bond acceptors (Lipinski definition) is 7. The molecule has 9 heteroatoms. The Bertz CT molecular complexity index is 1000. The quantitative estimate of drug-likeness (QED) is 0.254. The summed E-state index contributed by atoms with van der Waals surface area (Å²) in [5.41, 5.74) is 1.08. The molecule has 0 atom stereocenters. The summed E-state index contributed by atoms with van der Waals surface area (Å²) >= 11 is 1.32. The van der Waals surface area contributed by atoms with Crippen molar-refractivity contribution in [1.82, 2.24) is 4.98 Å². The van der Waals surface area contributed by atoms with Crippen molar-refractivity contribution in [3.05, 3.63) is 80.0 Å². The van der Waals surface area contributed by atoms with Crippen molar-refractivity contribution in [2.45, 2.75) is 20.0 Å². The molecule has 28 heavy (non-hydrogen) atoms. The van der Waals surface area contributed by atoms with E-state index in [1.54, 1.807) is 5.38 Å². The topological polar surface area (TPSA) is 91.6 Å². The average Bonchev–Trinajstić information content (AvgIpc) is 3.08. The lowest BCUT2D eigenvalue weighted by atomic mass is 10.2. The van der Waals surface area contributed by atoms with E-state index in [9.17, 15) is 19.3 Å². The van der Waals surface area contributed by atoms with Crippen LogP contribution in [0.2, 0.25) is 0 Å². The summed E-state index contributed by atoms with van der Waals surface area (Å²) in [6.45, 7) is 2.23. The van der Waals surface area contributed by atoms with Gasteiger partial charge in [0.1, 0.15) is 23.2 Å². The van der Waals surface area contributed by atoms with Crippen LogP contribution >= 0.6 is 11.3 Å². The molecule has 0 saturated carbocycles. The van der Waals surface area contributed by atoms with Crippen LogP contribution in [0.4, 0.5) is 10.1 Å². The number of hydrogen-bond donors (Lipinski definition) is 0. The smallest absolute Gasteiger partial charge is 0.317 e. The Morgan fingerprint density at radius 3 is 2.71 bits per heavy atom. The molecule has 3 rings (SSSR count). The third-order valence-electron chi connectivity index (χ3n) is 3.65. The standard InChI is InChI=1S/C19H15FN2O5S/c1-12-2-5-15(6-3-12)26-10-18-21-14(11-28-18)9-19(23)27-17-8-13(20)4-7-16(17)22(24)25/h2-8,11H,9-10H2,1H3. The molecular weight excluding hydrogens is 387 g/mol. The van der Waals surface area contributed by atoms with Gasteiger partial charge in [-0.05, 0) is 25.1 Å². The number of aryl methyl sites for hydroxylation is 1. The number of rotatable bonds is 7. The summed E-state index contributed by atoms with van der Waals surface area (Å²) in [5, 5.41) is 13.3. The maximum Gasteiger partial charge on any atom is 0.317 e. The second-order valence-electron chi connectivity index (χ2n) is 5.85. The van der Waals surface area contributed by atoms with Gasteiger partial charge >= 0.3 is 11.7 Å². The summed E-state index contributed by atoms with van der Waals surface area (Å²) in [4.78, 5) is 26.5. The van der Waals surface area contributed by atoms with Crippen LogP contribution in [0, 0.1) is 22.9 Å². The molecule has 1 aromatic heterocycles. The van der Waals surface area contributed by atoms with E-state index >= 15 is 0 Å². The largest absolute Gasteiger partial charge is 0.486 e. The molecule has 0 aliphatic heterocycles. The van der Waals surface area contributed by atoms with Gasteiger partial charge in [-0.1, -0.05) is 17.7 Å². The molecular formula is C19H15FN2O5S. The fourth-order valence-electron chi connectivity index (χ4n) is 2.30. The van der Waals surface area contributed by atoms with Crippen LogP contribution in [-0.2, 0) is 17.8 Å². The first-order valence-corrected chi connectivity index (χ1v) is 9.06. The highest BCUT2D eigenvalue weighted by molar-refractivity contribution is 7.09. The van der Waals surface area contributed by atoms with Crippen LogP contribution in [-0.4, -0.2) is 15.9 Å². The summed E-state index contributed by atoms with van der Waals surface area (Å²) < 4.78 is 23.9. The van der Waals surface area contributed by atoms with Crippen LogP contribution < -0.4 is 9.47 Å². The normalized spacial score (nSPS) is 10.5. The van der Waals surface area contributed by atoms with Gasteiger partial charge in [0, 0.05) is 17.5 Å². The Hall–Kier alpha value is -3.33. The number of nitrogens with zero attached hydrogens (tertiary/aromatic N) is 2. The van der Waals surface area contributed by atoms with Gasteiger partial charge in [-0.2, -0.15) is 0 Å². The van der Waals surface area contributed by atoms with Crippen LogP contribution in [0.3, 0.4) is 0 Å². The molecule has 0 amide bonds. The molecule has 0 spiro atoms. The Labute approximate surface area is 163 Å². The lowest BCUT2D eigenvalue weighted by molar-refractivity contribution is -0.385. The number of benzene rings is 2. The van der Waals surface area contributed by atoms with Gasteiger partial charge in [0.15, 0.2) is 0 Å². The second-order valence-corrected chi connectivity index (χ2v) is 6.80. The van der Waals surface area contributed by atoms with E-state index in [2.05, 4.69) is 4.98 Å². The molecule has 1 heterocycles. The van der Waals surface area contributed by atoms with E-state index in [0.29, 0.717) is 16.5 Å². The summed E-state index contributed by atoms with van der Waals surface area (Å²) in [6, 6.07) is 10.3. The maximum absolute atomic E-state index is 13.3. The van der Waals surface area contributed by atoms with Gasteiger partial charge in [-0.3, -0.25) is 14.9 Å². The molecule has 0 bridgehead atoms. The van der Waals surface area contributed by atoms with E-state index in [0.717, 1.165) is 23.8 Å². The monoisotopic (exact) mass is 402 g/mol. The van der Waals surface area contributed by atoms with E-state index in [-0.39, 0.29) is 13.0 Å². The third kappa shape index (κ3) is 5.10. The van der Waals surface area contributed by atoms with E-state index in [4.69, 9.17) is 9.47 Å². The average molecular weight is 402 g/mol. The number of aromatic nitrogens is 1. The highest BCUT2D eigenvalue weighted by atomic mass is 32.1. The van der Waals surface area contributed by atoms with Gasteiger partial charge in [-0.25, -0.2) is 9.37 Å². The number of halogens is 1. The molecule has 0 aliphatic rings. The molecule has 0 aliphatic carbocycles. The van der Waals surface area contributed by atoms with E-state index < -0.39 is 28.1 Å². The van der Waals surface area contributed by atoms with E-state index in [1.807, 2.05) is 31.2 Å². The Balaban J connectivity index is 1.59. The number of ether oxygens (including phenoxy) is 2. The Morgan fingerprint density at radius 2 is 2.00 bits per heavy atom. The Kier molecular flexibility index (Phi) is 5.95. The minimum absolute atomic E-state index is 0.200. The van der Waals surface area contributed by atoms with Gasteiger partial charge in [0.25, 0.3) is 0 Å². The van der Waals surface area contributed by atoms with Crippen molar-refractivity contribution >= 4 is 23.0 Å². The molecule has 2 aromatic carbocycles.